The molecule has 0 bridgehead atoms. The summed E-state index contributed by atoms with van der Waals surface area (Å²) in [6, 6.07) is 1.40. The number of rotatable bonds is 4. The highest BCUT2D eigenvalue weighted by molar-refractivity contribution is 5.95. The average Bonchev–Trinajstić information content (AvgIpc) is 2.82. The quantitative estimate of drug-likeness (QED) is 0.851. The summed E-state index contributed by atoms with van der Waals surface area (Å²) in [5.74, 6) is -0.451. The van der Waals surface area contributed by atoms with Crippen LogP contribution in [-0.4, -0.2) is 49.5 Å². The monoisotopic (exact) mass is 266 g/mol. The molecule has 1 saturated heterocycles. The van der Waals surface area contributed by atoms with Crippen molar-refractivity contribution >= 4 is 11.7 Å². The maximum absolute atomic E-state index is 13.9. The molecule has 2 heterocycles. The van der Waals surface area contributed by atoms with Gasteiger partial charge in [0.1, 0.15) is 0 Å². The summed E-state index contributed by atoms with van der Waals surface area (Å²) in [4.78, 5) is 18.0. The Labute approximate surface area is 112 Å². The van der Waals surface area contributed by atoms with E-state index in [0.29, 0.717) is 12.5 Å². The first-order valence-electron chi connectivity index (χ1n) is 6.40. The van der Waals surface area contributed by atoms with E-state index in [1.54, 1.807) is 7.05 Å². The smallest absolute Gasteiger partial charge is 0.254 e. The Balaban J connectivity index is 1.96. The molecule has 2 rings (SSSR count). The maximum atomic E-state index is 13.9. The second kappa shape index (κ2) is 5.97. The van der Waals surface area contributed by atoms with E-state index in [9.17, 15) is 9.18 Å². The van der Waals surface area contributed by atoms with Crippen molar-refractivity contribution < 1.29 is 9.18 Å². The molecule has 1 fully saturated rings. The highest BCUT2D eigenvalue weighted by Gasteiger charge is 2.21. The Morgan fingerprint density at radius 1 is 1.63 bits per heavy atom. The first-order valence-corrected chi connectivity index (χ1v) is 6.40. The number of carbonyl (C=O) groups is 1. The molecular weight excluding hydrogens is 247 g/mol. The van der Waals surface area contributed by atoms with E-state index in [0.717, 1.165) is 19.5 Å². The van der Waals surface area contributed by atoms with E-state index >= 15 is 0 Å². The minimum atomic E-state index is -0.606. The average molecular weight is 266 g/mol. The van der Waals surface area contributed by atoms with E-state index in [1.807, 2.05) is 0 Å². The number of carbonyl (C=O) groups excluding carboxylic acids is 1. The van der Waals surface area contributed by atoms with Crippen LogP contribution in [0.2, 0.25) is 0 Å². The summed E-state index contributed by atoms with van der Waals surface area (Å²) >= 11 is 0. The number of amides is 1. The lowest BCUT2D eigenvalue weighted by Crippen LogP contribution is -2.31. The van der Waals surface area contributed by atoms with Gasteiger partial charge in [0.05, 0.1) is 5.56 Å². The summed E-state index contributed by atoms with van der Waals surface area (Å²) in [7, 11) is 3.63. The minimum Gasteiger partial charge on any atom is -0.371 e. The zero-order valence-electron chi connectivity index (χ0n) is 11.2. The van der Waals surface area contributed by atoms with E-state index < -0.39 is 5.82 Å². The second-order valence-corrected chi connectivity index (χ2v) is 4.90. The van der Waals surface area contributed by atoms with Crippen LogP contribution < -0.4 is 10.6 Å². The van der Waals surface area contributed by atoms with Crippen LogP contribution in [0.25, 0.3) is 0 Å². The predicted molar refractivity (Wildman–Crippen MR) is 71.7 cm³/mol. The fraction of sp³-hybridized carbons (Fsp3) is 0.538. The SMILES string of the molecule is CNc1nccc(C(=O)NCC2CCN(C)C2)c1F. The summed E-state index contributed by atoms with van der Waals surface area (Å²) in [5, 5.41) is 5.41. The molecule has 1 aliphatic rings. The van der Waals surface area contributed by atoms with Crippen molar-refractivity contribution in [2.45, 2.75) is 6.42 Å². The molecule has 0 aromatic carbocycles. The van der Waals surface area contributed by atoms with Gasteiger partial charge in [-0.25, -0.2) is 9.37 Å². The topological polar surface area (TPSA) is 57.3 Å². The maximum Gasteiger partial charge on any atom is 0.254 e. The van der Waals surface area contributed by atoms with Crippen LogP contribution in [0.4, 0.5) is 10.2 Å². The normalized spacial score (nSPS) is 19.4. The third kappa shape index (κ3) is 3.20. The lowest BCUT2D eigenvalue weighted by molar-refractivity contribution is 0.0943. The minimum absolute atomic E-state index is 0.0331. The highest BCUT2D eigenvalue weighted by atomic mass is 19.1. The van der Waals surface area contributed by atoms with E-state index in [1.165, 1.54) is 12.3 Å². The Hall–Kier alpha value is -1.69. The van der Waals surface area contributed by atoms with Crippen molar-refractivity contribution in [2.75, 3.05) is 39.0 Å². The number of hydrogen-bond acceptors (Lipinski definition) is 4. The molecule has 1 aromatic rings. The van der Waals surface area contributed by atoms with Crippen LogP contribution in [0.3, 0.4) is 0 Å². The van der Waals surface area contributed by atoms with Gasteiger partial charge in [-0.05, 0) is 32.0 Å². The summed E-state index contributed by atoms with van der Waals surface area (Å²) in [5.41, 5.74) is 0.0331. The Morgan fingerprint density at radius 3 is 3.05 bits per heavy atom. The molecule has 1 aromatic heterocycles. The highest BCUT2D eigenvalue weighted by Crippen LogP contribution is 2.16. The molecule has 5 nitrogen and oxygen atoms in total. The molecule has 2 N–H and O–H groups in total. The molecule has 0 radical (unpaired) electrons. The summed E-state index contributed by atoms with van der Waals surface area (Å²) in [6.45, 7) is 2.61. The van der Waals surface area contributed by atoms with Crippen LogP contribution in [0, 0.1) is 11.7 Å². The molecule has 0 aliphatic carbocycles. The third-order valence-electron chi connectivity index (χ3n) is 3.41. The number of pyridine rings is 1. The largest absolute Gasteiger partial charge is 0.371 e. The van der Waals surface area contributed by atoms with E-state index in [2.05, 4.69) is 27.6 Å². The van der Waals surface area contributed by atoms with Crippen LogP contribution in [0.5, 0.6) is 0 Å². The van der Waals surface area contributed by atoms with E-state index in [-0.39, 0.29) is 17.3 Å². The van der Waals surface area contributed by atoms with Gasteiger partial charge in [0.25, 0.3) is 5.91 Å². The lowest BCUT2D eigenvalue weighted by atomic mass is 10.1. The fourth-order valence-corrected chi connectivity index (χ4v) is 2.32. The molecule has 0 spiro atoms. The number of anilines is 1. The Kier molecular flexibility index (Phi) is 4.31. The zero-order valence-corrected chi connectivity index (χ0v) is 11.2. The van der Waals surface area contributed by atoms with Crippen LogP contribution in [-0.2, 0) is 0 Å². The summed E-state index contributed by atoms with van der Waals surface area (Å²) < 4.78 is 13.9. The molecular formula is C13H19FN4O. The van der Waals surface area contributed by atoms with Crippen molar-refractivity contribution in [1.82, 2.24) is 15.2 Å². The Bertz CT molecular complexity index is 466. The number of halogens is 1. The van der Waals surface area contributed by atoms with Gasteiger partial charge in [-0.15, -0.1) is 0 Å². The van der Waals surface area contributed by atoms with Gasteiger partial charge in [0, 0.05) is 26.3 Å². The van der Waals surface area contributed by atoms with Crippen molar-refractivity contribution in [1.29, 1.82) is 0 Å². The zero-order chi connectivity index (χ0) is 13.8. The van der Waals surface area contributed by atoms with E-state index in [4.69, 9.17) is 0 Å². The van der Waals surface area contributed by atoms with Crippen LogP contribution in [0.15, 0.2) is 12.3 Å². The standard InChI is InChI=1S/C13H19FN4O/c1-15-12-11(14)10(3-5-16-12)13(19)17-7-9-4-6-18(2)8-9/h3,5,9H,4,6-8H2,1-2H3,(H,15,16)(H,17,19). The molecule has 1 atom stereocenters. The first-order chi connectivity index (χ1) is 9.11. The molecule has 0 saturated carbocycles. The number of nitrogens with one attached hydrogen (secondary N) is 2. The van der Waals surface area contributed by atoms with Gasteiger partial charge in [0.15, 0.2) is 11.6 Å². The molecule has 1 amide bonds. The van der Waals surface area contributed by atoms with Crippen LogP contribution >= 0.6 is 0 Å². The number of nitrogens with zero attached hydrogens (tertiary/aromatic N) is 2. The van der Waals surface area contributed by atoms with Crippen molar-refractivity contribution in [3.63, 3.8) is 0 Å². The van der Waals surface area contributed by atoms with Gasteiger partial charge >= 0.3 is 0 Å². The molecule has 104 valence electrons. The molecule has 6 heteroatoms. The van der Waals surface area contributed by atoms with Crippen molar-refractivity contribution in [3.8, 4) is 0 Å². The number of likely N-dealkylation sites (tertiary alicyclic amines) is 1. The number of aromatic nitrogens is 1. The van der Waals surface area contributed by atoms with Gasteiger partial charge < -0.3 is 15.5 Å². The van der Waals surface area contributed by atoms with Crippen molar-refractivity contribution in [2.24, 2.45) is 5.92 Å². The fourth-order valence-electron chi connectivity index (χ4n) is 2.32. The molecule has 1 unspecified atom stereocenters. The summed E-state index contributed by atoms with van der Waals surface area (Å²) in [6.07, 6.45) is 2.49. The van der Waals surface area contributed by atoms with Gasteiger partial charge in [-0.2, -0.15) is 0 Å². The van der Waals surface area contributed by atoms with Gasteiger partial charge in [-0.3, -0.25) is 4.79 Å². The second-order valence-electron chi connectivity index (χ2n) is 4.90. The number of hydrogen-bond donors (Lipinski definition) is 2. The van der Waals surface area contributed by atoms with Crippen LogP contribution in [0.1, 0.15) is 16.8 Å². The van der Waals surface area contributed by atoms with Gasteiger partial charge in [0.2, 0.25) is 0 Å². The molecule has 19 heavy (non-hydrogen) atoms. The lowest BCUT2D eigenvalue weighted by Gasteiger charge is -2.12. The third-order valence-corrected chi connectivity index (χ3v) is 3.41. The van der Waals surface area contributed by atoms with Gasteiger partial charge in [-0.1, -0.05) is 0 Å². The predicted octanol–water partition coefficient (Wildman–Crippen LogP) is 0.944. The van der Waals surface area contributed by atoms with Crippen molar-refractivity contribution in [3.05, 3.63) is 23.6 Å². The first kappa shape index (κ1) is 13.7. The Morgan fingerprint density at radius 2 is 2.42 bits per heavy atom. The molecule has 1 aliphatic heterocycles.